The van der Waals surface area contributed by atoms with Gasteiger partial charge in [0.25, 0.3) is 0 Å². The van der Waals surface area contributed by atoms with Gasteiger partial charge in [-0.15, -0.1) is 11.3 Å². The summed E-state index contributed by atoms with van der Waals surface area (Å²) in [6.07, 6.45) is 2.02. The topological polar surface area (TPSA) is 22.8 Å². The molecule has 45 heavy (non-hydrogen) atoms. The Bertz CT molecular complexity index is 2690. The molecule has 0 unspecified atom stereocenters. The number of fused-ring (bicyclic) bond motifs is 9. The van der Waals surface area contributed by atoms with Crippen molar-refractivity contribution in [3.05, 3.63) is 152 Å². The zero-order valence-corrected chi connectivity index (χ0v) is 25.0. The van der Waals surface area contributed by atoms with Crippen molar-refractivity contribution < 1.29 is 0 Å². The predicted molar refractivity (Wildman–Crippen MR) is 191 cm³/mol. The monoisotopic (exact) mass is 591 g/mol. The maximum absolute atomic E-state index is 5.11. The fourth-order valence-corrected chi connectivity index (χ4v) is 8.24. The number of rotatable bonds is 3. The van der Waals surface area contributed by atoms with Gasteiger partial charge in [0.2, 0.25) is 0 Å². The zero-order valence-electron chi connectivity index (χ0n) is 24.2. The van der Waals surface area contributed by atoms with Gasteiger partial charge in [-0.3, -0.25) is 4.98 Å². The van der Waals surface area contributed by atoms with E-state index in [0.717, 1.165) is 33.5 Å². The number of hydrogen-bond donors (Lipinski definition) is 0. The Kier molecular flexibility index (Phi) is 5.16. The molecule has 210 valence electrons. The van der Waals surface area contributed by atoms with Crippen molar-refractivity contribution in [2.24, 2.45) is 0 Å². The highest BCUT2D eigenvalue weighted by atomic mass is 32.1. The lowest BCUT2D eigenvalue weighted by molar-refractivity contribution is 1.14. The molecular weight excluding hydrogens is 567 g/mol. The molecule has 4 aromatic heterocycles. The minimum absolute atomic E-state index is 1.02. The van der Waals surface area contributed by atoms with E-state index in [1.807, 2.05) is 17.5 Å². The summed E-state index contributed by atoms with van der Waals surface area (Å²) in [6, 6.07) is 52.6. The summed E-state index contributed by atoms with van der Waals surface area (Å²) in [7, 11) is 0. The van der Waals surface area contributed by atoms with Crippen molar-refractivity contribution in [2.75, 3.05) is 0 Å². The lowest BCUT2D eigenvalue weighted by atomic mass is 10.1. The van der Waals surface area contributed by atoms with Crippen molar-refractivity contribution in [3.63, 3.8) is 0 Å². The molecule has 0 radical (unpaired) electrons. The Morgan fingerprint density at radius 1 is 0.400 bits per heavy atom. The van der Waals surface area contributed by atoms with Crippen LogP contribution in [0, 0.1) is 0 Å². The van der Waals surface area contributed by atoms with E-state index < -0.39 is 0 Å². The summed E-state index contributed by atoms with van der Waals surface area (Å²) in [5, 5.41) is 6.31. The van der Waals surface area contributed by atoms with Crippen LogP contribution in [-0.4, -0.2) is 14.1 Å². The summed E-state index contributed by atoms with van der Waals surface area (Å²) in [5.74, 6) is 0. The van der Waals surface area contributed by atoms with Crippen LogP contribution >= 0.6 is 11.3 Å². The Balaban J connectivity index is 1.23. The van der Waals surface area contributed by atoms with E-state index in [2.05, 4.69) is 155 Å². The first-order chi connectivity index (χ1) is 22.3. The molecular formula is C41H25N3S. The molecule has 10 aromatic rings. The van der Waals surface area contributed by atoms with Crippen LogP contribution in [0.3, 0.4) is 0 Å². The standard InChI is InChI=1S/C41H25N3S/c1-2-10-26(11-3-1)27-22-38-41(42-25-27)34-23-33-32-14-6-9-17-39(32)45-40(33)24-37(34)44(38)29-20-18-28(19-21-29)43-35-15-7-4-12-30(35)31-13-5-8-16-36(31)43/h1-25H. The lowest BCUT2D eigenvalue weighted by Crippen LogP contribution is -1.97. The van der Waals surface area contributed by atoms with Crippen LogP contribution in [0.15, 0.2) is 152 Å². The minimum atomic E-state index is 1.02. The molecule has 4 heterocycles. The van der Waals surface area contributed by atoms with Gasteiger partial charge in [-0.05, 0) is 66.2 Å². The highest BCUT2D eigenvalue weighted by Crippen LogP contribution is 2.41. The van der Waals surface area contributed by atoms with Gasteiger partial charge in [0, 0.05) is 59.5 Å². The highest BCUT2D eigenvalue weighted by molar-refractivity contribution is 7.25. The van der Waals surface area contributed by atoms with Gasteiger partial charge in [0.05, 0.1) is 27.6 Å². The third-order valence-corrected chi connectivity index (χ3v) is 10.3. The van der Waals surface area contributed by atoms with E-state index in [1.165, 1.54) is 52.9 Å². The van der Waals surface area contributed by atoms with E-state index in [9.17, 15) is 0 Å². The smallest absolute Gasteiger partial charge is 0.0964 e. The van der Waals surface area contributed by atoms with Gasteiger partial charge in [-0.1, -0.05) is 84.9 Å². The zero-order chi connectivity index (χ0) is 29.5. The minimum Gasteiger partial charge on any atom is -0.309 e. The van der Waals surface area contributed by atoms with Crippen molar-refractivity contribution in [2.45, 2.75) is 0 Å². The Morgan fingerprint density at radius 3 is 1.71 bits per heavy atom. The van der Waals surface area contributed by atoms with E-state index in [1.54, 1.807) is 0 Å². The average molecular weight is 592 g/mol. The molecule has 10 rings (SSSR count). The van der Waals surface area contributed by atoms with Crippen molar-refractivity contribution >= 4 is 75.3 Å². The fraction of sp³-hybridized carbons (Fsp3) is 0. The number of benzene rings is 6. The molecule has 0 atom stereocenters. The van der Waals surface area contributed by atoms with E-state index in [4.69, 9.17) is 4.98 Å². The van der Waals surface area contributed by atoms with Crippen molar-refractivity contribution in [1.29, 1.82) is 0 Å². The van der Waals surface area contributed by atoms with Gasteiger partial charge in [-0.25, -0.2) is 0 Å². The summed E-state index contributed by atoms with van der Waals surface area (Å²) in [5.41, 5.74) is 10.3. The van der Waals surface area contributed by atoms with Crippen LogP contribution in [0.2, 0.25) is 0 Å². The third-order valence-electron chi connectivity index (χ3n) is 9.15. The van der Waals surface area contributed by atoms with Gasteiger partial charge >= 0.3 is 0 Å². The number of para-hydroxylation sites is 2. The van der Waals surface area contributed by atoms with Gasteiger partial charge < -0.3 is 9.13 Å². The normalized spacial score (nSPS) is 12.0. The third kappa shape index (κ3) is 3.60. The Hall–Kier alpha value is -5.71. The Labute approximate surface area is 262 Å². The first-order valence-corrected chi connectivity index (χ1v) is 16.0. The molecule has 0 N–H and O–H groups in total. The van der Waals surface area contributed by atoms with Crippen LogP contribution in [0.5, 0.6) is 0 Å². The maximum atomic E-state index is 5.11. The molecule has 0 saturated heterocycles. The number of thiophene rings is 1. The van der Waals surface area contributed by atoms with Gasteiger partial charge in [0.1, 0.15) is 0 Å². The van der Waals surface area contributed by atoms with Gasteiger partial charge in [0.15, 0.2) is 0 Å². The molecule has 0 aliphatic carbocycles. The predicted octanol–water partition coefficient (Wildman–Crippen LogP) is 11.3. The molecule has 0 spiro atoms. The second-order valence-electron chi connectivity index (χ2n) is 11.6. The second kappa shape index (κ2) is 9.39. The van der Waals surface area contributed by atoms with Gasteiger partial charge in [-0.2, -0.15) is 0 Å². The largest absolute Gasteiger partial charge is 0.309 e. The number of nitrogens with zero attached hydrogens (tertiary/aromatic N) is 3. The first kappa shape index (κ1) is 24.7. The fourth-order valence-electron chi connectivity index (χ4n) is 7.11. The molecule has 0 amide bonds. The highest BCUT2D eigenvalue weighted by Gasteiger charge is 2.18. The van der Waals surface area contributed by atoms with Crippen molar-refractivity contribution in [1.82, 2.24) is 14.1 Å². The molecule has 0 aliphatic rings. The lowest BCUT2D eigenvalue weighted by Gasteiger charge is -2.12. The van der Waals surface area contributed by atoms with E-state index in [-0.39, 0.29) is 0 Å². The molecule has 0 aliphatic heterocycles. The molecule has 0 bridgehead atoms. The average Bonchev–Trinajstić information content (AvgIpc) is 3.74. The van der Waals surface area contributed by atoms with Crippen LogP contribution in [0.1, 0.15) is 0 Å². The molecule has 0 saturated carbocycles. The SMILES string of the molecule is c1ccc(-c2cnc3c4cc5c(cc4n(-c4ccc(-n6c7ccccc7c7ccccc76)cc4)c3c2)sc2ccccc25)cc1. The number of pyridine rings is 1. The number of aromatic nitrogens is 3. The first-order valence-electron chi connectivity index (χ1n) is 15.2. The van der Waals surface area contributed by atoms with E-state index >= 15 is 0 Å². The van der Waals surface area contributed by atoms with Crippen molar-refractivity contribution in [3.8, 4) is 22.5 Å². The number of hydrogen-bond acceptors (Lipinski definition) is 2. The summed E-state index contributed by atoms with van der Waals surface area (Å²) >= 11 is 1.86. The van der Waals surface area contributed by atoms with Crippen LogP contribution in [0.25, 0.3) is 86.4 Å². The summed E-state index contributed by atoms with van der Waals surface area (Å²) < 4.78 is 7.36. The molecule has 6 aromatic carbocycles. The molecule has 4 heteroatoms. The molecule has 3 nitrogen and oxygen atoms in total. The van der Waals surface area contributed by atoms with Crippen LogP contribution < -0.4 is 0 Å². The second-order valence-corrected chi connectivity index (χ2v) is 12.7. The molecule has 0 fully saturated rings. The van der Waals surface area contributed by atoms with Crippen LogP contribution in [-0.2, 0) is 0 Å². The summed E-state index contributed by atoms with van der Waals surface area (Å²) in [6.45, 7) is 0. The maximum Gasteiger partial charge on any atom is 0.0964 e. The van der Waals surface area contributed by atoms with Crippen LogP contribution in [0.4, 0.5) is 0 Å². The van der Waals surface area contributed by atoms with E-state index in [0.29, 0.717) is 0 Å². The Morgan fingerprint density at radius 2 is 1.00 bits per heavy atom. The summed E-state index contributed by atoms with van der Waals surface area (Å²) in [4.78, 5) is 5.11. The quantitative estimate of drug-likeness (QED) is 0.200.